The Bertz CT molecular complexity index is 448. The average Bonchev–Trinajstić information content (AvgIpc) is 2.48. The highest BCUT2D eigenvalue weighted by atomic mass is 35.5. The lowest BCUT2D eigenvalue weighted by Crippen LogP contribution is -2.51. The van der Waals surface area contributed by atoms with Crippen molar-refractivity contribution < 1.29 is 4.74 Å². The number of rotatable bonds is 2. The van der Waals surface area contributed by atoms with Crippen LogP contribution in [0.3, 0.4) is 0 Å². The monoisotopic (exact) mass is 295 g/mol. The summed E-state index contributed by atoms with van der Waals surface area (Å²) in [5.41, 5.74) is 0. The summed E-state index contributed by atoms with van der Waals surface area (Å²) >= 11 is 6.23. The van der Waals surface area contributed by atoms with E-state index in [9.17, 15) is 0 Å². The molecule has 0 amide bonds. The molecule has 0 saturated carbocycles. The smallest absolute Gasteiger partial charge is 0.147 e. The molecule has 0 spiro atoms. The Labute approximate surface area is 125 Å². The Morgan fingerprint density at radius 1 is 1.30 bits per heavy atom. The lowest BCUT2D eigenvalue weighted by molar-refractivity contribution is -0.0373. The van der Waals surface area contributed by atoms with E-state index in [1.807, 2.05) is 18.3 Å². The van der Waals surface area contributed by atoms with Crippen LogP contribution in [0.1, 0.15) is 19.8 Å². The van der Waals surface area contributed by atoms with E-state index in [2.05, 4.69) is 21.7 Å². The lowest BCUT2D eigenvalue weighted by atomic mass is 10.0. The third-order valence-corrected chi connectivity index (χ3v) is 4.59. The molecule has 0 aliphatic carbocycles. The van der Waals surface area contributed by atoms with Crippen LogP contribution in [0.25, 0.3) is 0 Å². The molecule has 2 saturated heterocycles. The molecule has 1 aromatic heterocycles. The molecule has 20 heavy (non-hydrogen) atoms. The molecule has 1 atom stereocenters. The number of halogens is 1. The molecule has 0 aromatic carbocycles. The number of morpholine rings is 1. The van der Waals surface area contributed by atoms with Gasteiger partial charge in [-0.25, -0.2) is 4.98 Å². The van der Waals surface area contributed by atoms with Gasteiger partial charge >= 0.3 is 0 Å². The van der Waals surface area contributed by atoms with Gasteiger partial charge in [0.1, 0.15) is 5.82 Å². The summed E-state index contributed by atoms with van der Waals surface area (Å²) in [6.45, 7) is 7.23. The third-order valence-electron chi connectivity index (χ3n) is 4.29. The first kappa shape index (κ1) is 14.1. The molecular weight excluding hydrogens is 274 g/mol. The van der Waals surface area contributed by atoms with Crippen LogP contribution in [-0.2, 0) is 4.74 Å². The van der Waals surface area contributed by atoms with Crippen LogP contribution in [0, 0.1) is 0 Å². The van der Waals surface area contributed by atoms with Crippen molar-refractivity contribution in [2.75, 3.05) is 37.7 Å². The van der Waals surface area contributed by atoms with Crippen LogP contribution in [0.2, 0.25) is 5.02 Å². The quantitative estimate of drug-likeness (QED) is 0.838. The summed E-state index contributed by atoms with van der Waals surface area (Å²) in [5, 5.41) is 0.756. The Kier molecular flexibility index (Phi) is 4.44. The van der Waals surface area contributed by atoms with E-state index in [1.54, 1.807) is 0 Å². The number of hydrogen-bond acceptors (Lipinski definition) is 4. The van der Waals surface area contributed by atoms with Crippen LogP contribution >= 0.6 is 11.6 Å². The zero-order chi connectivity index (χ0) is 13.9. The van der Waals surface area contributed by atoms with Crippen molar-refractivity contribution >= 4 is 17.4 Å². The van der Waals surface area contributed by atoms with Crippen LogP contribution in [0.5, 0.6) is 0 Å². The van der Waals surface area contributed by atoms with E-state index in [1.165, 1.54) is 12.8 Å². The van der Waals surface area contributed by atoms with E-state index in [0.29, 0.717) is 12.1 Å². The molecule has 0 unspecified atom stereocenters. The van der Waals surface area contributed by atoms with Gasteiger partial charge < -0.3 is 9.64 Å². The maximum absolute atomic E-state index is 6.23. The fourth-order valence-corrected chi connectivity index (χ4v) is 3.47. The van der Waals surface area contributed by atoms with Gasteiger partial charge in [-0.1, -0.05) is 11.6 Å². The van der Waals surface area contributed by atoms with E-state index >= 15 is 0 Å². The second-order valence-electron chi connectivity index (χ2n) is 5.70. The van der Waals surface area contributed by atoms with E-state index in [4.69, 9.17) is 16.3 Å². The molecule has 5 heteroatoms. The van der Waals surface area contributed by atoms with Gasteiger partial charge in [0.25, 0.3) is 0 Å². The van der Waals surface area contributed by atoms with Crippen molar-refractivity contribution in [1.29, 1.82) is 0 Å². The largest absolute Gasteiger partial charge is 0.376 e. The van der Waals surface area contributed by atoms with Gasteiger partial charge in [0, 0.05) is 38.4 Å². The number of piperidine rings is 1. The molecule has 3 heterocycles. The number of aromatic nitrogens is 1. The minimum absolute atomic E-state index is 0.368. The molecule has 4 nitrogen and oxygen atoms in total. The molecule has 2 aliphatic rings. The van der Waals surface area contributed by atoms with Crippen molar-refractivity contribution in [2.24, 2.45) is 0 Å². The fourth-order valence-electron chi connectivity index (χ4n) is 3.23. The highest BCUT2D eigenvalue weighted by Crippen LogP contribution is 2.27. The number of hydrogen-bond donors (Lipinski definition) is 0. The first-order chi connectivity index (χ1) is 9.74. The number of ether oxygens (including phenoxy) is 1. The highest BCUT2D eigenvalue weighted by molar-refractivity contribution is 6.32. The Morgan fingerprint density at radius 2 is 2.10 bits per heavy atom. The summed E-state index contributed by atoms with van der Waals surface area (Å²) in [7, 11) is 0. The normalized spacial score (nSPS) is 25.9. The average molecular weight is 296 g/mol. The second kappa shape index (κ2) is 6.29. The molecular formula is C15H22ClN3O. The predicted molar refractivity (Wildman–Crippen MR) is 81.5 cm³/mol. The maximum Gasteiger partial charge on any atom is 0.147 e. The fraction of sp³-hybridized carbons (Fsp3) is 0.667. The number of pyridine rings is 1. The minimum atomic E-state index is 0.368. The van der Waals surface area contributed by atoms with Crippen LogP contribution < -0.4 is 4.90 Å². The van der Waals surface area contributed by atoms with Crippen molar-refractivity contribution in [2.45, 2.75) is 31.9 Å². The molecule has 1 aromatic rings. The molecule has 0 N–H and O–H groups in total. The van der Waals surface area contributed by atoms with E-state index < -0.39 is 0 Å². The summed E-state index contributed by atoms with van der Waals surface area (Å²) in [5.74, 6) is 0.933. The van der Waals surface area contributed by atoms with Crippen LogP contribution in [-0.4, -0.2) is 54.8 Å². The predicted octanol–water partition coefficient (Wildman–Crippen LogP) is 2.42. The minimum Gasteiger partial charge on any atom is -0.376 e. The van der Waals surface area contributed by atoms with Gasteiger partial charge in [0.05, 0.1) is 17.7 Å². The summed E-state index contributed by atoms with van der Waals surface area (Å²) in [4.78, 5) is 9.31. The molecule has 2 fully saturated rings. The molecule has 0 bridgehead atoms. The van der Waals surface area contributed by atoms with Gasteiger partial charge in [0.15, 0.2) is 0 Å². The van der Waals surface area contributed by atoms with Gasteiger partial charge in [-0.3, -0.25) is 4.90 Å². The van der Waals surface area contributed by atoms with Crippen LogP contribution in [0.15, 0.2) is 18.3 Å². The number of nitrogens with zero attached hydrogens (tertiary/aromatic N) is 3. The van der Waals surface area contributed by atoms with Gasteiger partial charge in [-0.15, -0.1) is 0 Å². The van der Waals surface area contributed by atoms with Crippen molar-refractivity contribution in [3.8, 4) is 0 Å². The molecule has 3 rings (SSSR count). The third kappa shape index (κ3) is 3.08. The molecule has 110 valence electrons. The lowest BCUT2D eigenvalue weighted by Gasteiger charge is -2.42. The first-order valence-corrected chi connectivity index (χ1v) is 7.83. The van der Waals surface area contributed by atoms with Gasteiger partial charge in [-0.2, -0.15) is 0 Å². The van der Waals surface area contributed by atoms with Crippen molar-refractivity contribution in [3.63, 3.8) is 0 Å². The second-order valence-corrected chi connectivity index (χ2v) is 6.11. The summed E-state index contributed by atoms with van der Waals surface area (Å²) < 4.78 is 5.63. The molecule has 2 aliphatic heterocycles. The molecule has 0 radical (unpaired) electrons. The zero-order valence-corrected chi connectivity index (χ0v) is 12.7. The standard InChI is InChI=1S/C15H22ClN3O/c1-12-11-19(9-10-20-12)13-4-7-18(8-5-13)15-14(16)3-2-6-17-15/h2-3,6,12-13H,4-5,7-11H2,1H3/t12-/m0/s1. The van der Waals surface area contributed by atoms with Crippen molar-refractivity contribution in [1.82, 2.24) is 9.88 Å². The maximum atomic E-state index is 6.23. The highest BCUT2D eigenvalue weighted by Gasteiger charge is 2.28. The van der Waals surface area contributed by atoms with E-state index in [-0.39, 0.29) is 0 Å². The van der Waals surface area contributed by atoms with Gasteiger partial charge in [-0.05, 0) is 31.9 Å². The summed E-state index contributed by atoms with van der Waals surface area (Å²) in [6.07, 6.45) is 4.54. The first-order valence-electron chi connectivity index (χ1n) is 7.45. The summed E-state index contributed by atoms with van der Waals surface area (Å²) in [6, 6.07) is 4.48. The topological polar surface area (TPSA) is 28.6 Å². The Morgan fingerprint density at radius 3 is 2.80 bits per heavy atom. The van der Waals surface area contributed by atoms with Crippen molar-refractivity contribution in [3.05, 3.63) is 23.4 Å². The van der Waals surface area contributed by atoms with Gasteiger partial charge in [0.2, 0.25) is 0 Å². The van der Waals surface area contributed by atoms with E-state index in [0.717, 1.165) is 43.6 Å². The zero-order valence-electron chi connectivity index (χ0n) is 12.0. The Balaban J connectivity index is 1.58. The SMILES string of the molecule is C[C@H]1CN(C2CCN(c3ncccc3Cl)CC2)CCO1. The Hall–Kier alpha value is -0.840. The number of anilines is 1. The van der Waals surface area contributed by atoms with Crippen LogP contribution in [0.4, 0.5) is 5.82 Å².